The van der Waals surface area contributed by atoms with E-state index in [4.69, 9.17) is 11.6 Å². The minimum atomic E-state index is -0.534. The first kappa shape index (κ1) is 11.4. The van der Waals surface area contributed by atoms with Crippen molar-refractivity contribution in [1.82, 2.24) is 9.38 Å². The van der Waals surface area contributed by atoms with Crippen molar-refractivity contribution < 1.29 is 5.11 Å². The molecule has 16 heavy (non-hydrogen) atoms. The second kappa shape index (κ2) is 4.07. The molecule has 2 aromatic rings. The third-order valence-electron chi connectivity index (χ3n) is 2.60. The number of aliphatic hydroxyl groups excluding tert-OH is 1. The molecule has 0 fully saturated rings. The number of halogens is 1. The smallest absolute Gasteiger partial charge is 0.138 e. The van der Waals surface area contributed by atoms with Gasteiger partial charge in [0.05, 0.1) is 17.5 Å². The van der Waals surface area contributed by atoms with Gasteiger partial charge in [-0.3, -0.25) is 0 Å². The zero-order chi connectivity index (χ0) is 11.9. The fourth-order valence-electron chi connectivity index (χ4n) is 1.90. The summed E-state index contributed by atoms with van der Waals surface area (Å²) in [6.45, 7) is 5.88. The zero-order valence-corrected chi connectivity index (χ0v) is 10.4. The Hall–Kier alpha value is -1.06. The highest BCUT2D eigenvalue weighted by molar-refractivity contribution is 6.30. The summed E-state index contributed by atoms with van der Waals surface area (Å²) >= 11 is 5.92. The fourth-order valence-corrected chi connectivity index (χ4v) is 2.05. The topological polar surface area (TPSA) is 37.5 Å². The van der Waals surface area contributed by atoms with Crippen LogP contribution in [0.1, 0.15) is 44.2 Å². The third-order valence-corrected chi connectivity index (χ3v) is 2.83. The van der Waals surface area contributed by atoms with Gasteiger partial charge in [-0.2, -0.15) is 0 Å². The Bertz CT molecular complexity index is 517. The molecule has 2 aromatic heterocycles. The van der Waals surface area contributed by atoms with Gasteiger partial charge in [-0.25, -0.2) is 4.98 Å². The summed E-state index contributed by atoms with van der Waals surface area (Å²) in [5, 5.41) is 10.5. The van der Waals surface area contributed by atoms with Crippen LogP contribution in [-0.2, 0) is 0 Å². The van der Waals surface area contributed by atoms with Gasteiger partial charge >= 0.3 is 0 Å². The van der Waals surface area contributed by atoms with E-state index in [1.54, 1.807) is 19.1 Å². The number of rotatable bonds is 2. The second-order valence-electron chi connectivity index (χ2n) is 4.29. The number of hydrogen-bond acceptors (Lipinski definition) is 2. The average Bonchev–Trinajstić information content (AvgIpc) is 2.55. The minimum Gasteiger partial charge on any atom is -0.387 e. The first-order chi connectivity index (χ1) is 7.50. The van der Waals surface area contributed by atoms with Crippen LogP contribution in [0.15, 0.2) is 18.3 Å². The van der Waals surface area contributed by atoms with Crippen molar-refractivity contribution in [3.63, 3.8) is 0 Å². The Morgan fingerprint density at radius 3 is 2.62 bits per heavy atom. The fraction of sp³-hybridized carbons (Fsp3) is 0.417. The molecule has 0 spiro atoms. The molecule has 3 nitrogen and oxygen atoms in total. The summed E-state index contributed by atoms with van der Waals surface area (Å²) in [7, 11) is 0. The molecule has 0 aromatic carbocycles. The monoisotopic (exact) mass is 238 g/mol. The molecule has 2 rings (SSSR count). The van der Waals surface area contributed by atoms with Crippen LogP contribution in [0.2, 0.25) is 5.02 Å². The summed E-state index contributed by atoms with van der Waals surface area (Å²) < 4.78 is 1.89. The normalized spacial score (nSPS) is 13.6. The van der Waals surface area contributed by atoms with Crippen molar-refractivity contribution in [2.24, 2.45) is 0 Å². The van der Waals surface area contributed by atoms with Crippen molar-refractivity contribution in [3.05, 3.63) is 34.7 Å². The van der Waals surface area contributed by atoms with Gasteiger partial charge in [-0.15, -0.1) is 0 Å². The number of hydrogen-bond donors (Lipinski definition) is 1. The van der Waals surface area contributed by atoms with Crippen LogP contribution in [0.25, 0.3) is 5.65 Å². The van der Waals surface area contributed by atoms with E-state index in [-0.39, 0.29) is 5.92 Å². The Balaban J connectivity index is 2.75. The molecule has 0 aliphatic heterocycles. The highest BCUT2D eigenvalue weighted by Gasteiger charge is 2.18. The highest BCUT2D eigenvalue weighted by atomic mass is 35.5. The molecule has 0 saturated heterocycles. The molecule has 0 radical (unpaired) electrons. The van der Waals surface area contributed by atoms with E-state index >= 15 is 0 Å². The average molecular weight is 239 g/mol. The lowest BCUT2D eigenvalue weighted by Crippen LogP contribution is -2.02. The molecule has 1 N–H and O–H groups in total. The van der Waals surface area contributed by atoms with E-state index in [0.29, 0.717) is 5.02 Å². The second-order valence-corrected chi connectivity index (χ2v) is 4.72. The molecular weight excluding hydrogens is 224 g/mol. The zero-order valence-electron chi connectivity index (χ0n) is 9.61. The minimum absolute atomic E-state index is 0.281. The van der Waals surface area contributed by atoms with Gasteiger partial charge in [-0.1, -0.05) is 25.4 Å². The maximum Gasteiger partial charge on any atom is 0.138 e. The quantitative estimate of drug-likeness (QED) is 0.873. The first-order valence-electron chi connectivity index (χ1n) is 5.36. The molecule has 2 heterocycles. The molecule has 86 valence electrons. The van der Waals surface area contributed by atoms with Crippen LogP contribution in [-0.4, -0.2) is 14.5 Å². The van der Waals surface area contributed by atoms with E-state index in [1.807, 2.05) is 10.6 Å². The summed E-state index contributed by atoms with van der Waals surface area (Å²) in [4.78, 5) is 4.51. The van der Waals surface area contributed by atoms with Gasteiger partial charge in [0, 0.05) is 17.3 Å². The maximum absolute atomic E-state index is 9.82. The standard InChI is InChI=1S/C12H15ClN2O/c1-7(2)11-12(8(3)16)15-5-4-9(13)6-10(15)14-11/h4-8,16H,1-3H3. The van der Waals surface area contributed by atoms with Crippen molar-refractivity contribution >= 4 is 17.2 Å². The number of aliphatic hydroxyl groups is 1. The molecule has 4 heteroatoms. The number of nitrogens with zero attached hydrogens (tertiary/aromatic N) is 2. The molecule has 0 aliphatic carbocycles. The van der Waals surface area contributed by atoms with E-state index in [0.717, 1.165) is 17.0 Å². The largest absolute Gasteiger partial charge is 0.387 e. The number of imidazole rings is 1. The Morgan fingerprint density at radius 1 is 1.38 bits per heavy atom. The third kappa shape index (κ3) is 1.81. The summed E-state index contributed by atoms with van der Waals surface area (Å²) in [6.07, 6.45) is 1.31. The summed E-state index contributed by atoms with van der Waals surface area (Å²) in [6, 6.07) is 3.60. The van der Waals surface area contributed by atoms with Crippen LogP contribution in [0.3, 0.4) is 0 Å². The van der Waals surface area contributed by atoms with Crippen molar-refractivity contribution in [3.8, 4) is 0 Å². The molecule has 0 aliphatic rings. The van der Waals surface area contributed by atoms with Crippen molar-refractivity contribution in [2.45, 2.75) is 32.8 Å². The molecule has 0 amide bonds. The lowest BCUT2D eigenvalue weighted by atomic mass is 10.1. The van der Waals surface area contributed by atoms with Gasteiger partial charge in [0.1, 0.15) is 5.65 Å². The lowest BCUT2D eigenvalue weighted by molar-refractivity contribution is 0.191. The maximum atomic E-state index is 9.82. The molecule has 0 bridgehead atoms. The summed E-state index contributed by atoms with van der Waals surface area (Å²) in [5.74, 6) is 0.281. The van der Waals surface area contributed by atoms with Crippen molar-refractivity contribution in [1.29, 1.82) is 0 Å². The number of aromatic nitrogens is 2. The van der Waals surface area contributed by atoms with Crippen LogP contribution in [0, 0.1) is 0 Å². The molecule has 0 saturated carbocycles. The van der Waals surface area contributed by atoms with E-state index < -0.39 is 6.10 Å². The van der Waals surface area contributed by atoms with Crippen LogP contribution in [0.5, 0.6) is 0 Å². The molecular formula is C12H15ClN2O. The molecule has 1 atom stereocenters. The Labute approximate surface area is 99.7 Å². The molecule has 1 unspecified atom stereocenters. The van der Waals surface area contributed by atoms with Gasteiger partial charge in [-0.05, 0) is 18.9 Å². The van der Waals surface area contributed by atoms with Gasteiger partial charge in [0.2, 0.25) is 0 Å². The van der Waals surface area contributed by atoms with Crippen molar-refractivity contribution in [2.75, 3.05) is 0 Å². The Morgan fingerprint density at radius 2 is 2.06 bits per heavy atom. The predicted octanol–water partition coefficient (Wildman–Crippen LogP) is 3.16. The SMILES string of the molecule is CC(C)c1nc2cc(Cl)ccn2c1C(C)O. The van der Waals surface area contributed by atoms with Crippen LogP contribution < -0.4 is 0 Å². The number of fused-ring (bicyclic) bond motifs is 1. The van der Waals surface area contributed by atoms with E-state index in [1.165, 1.54) is 0 Å². The number of pyridine rings is 1. The Kier molecular flexibility index (Phi) is 2.91. The van der Waals surface area contributed by atoms with E-state index in [2.05, 4.69) is 18.8 Å². The predicted molar refractivity (Wildman–Crippen MR) is 64.9 cm³/mol. The highest BCUT2D eigenvalue weighted by Crippen LogP contribution is 2.26. The van der Waals surface area contributed by atoms with Crippen LogP contribution >= 0.6 is 11.6 Å². The van der Waals surface area contributed by atoms with E-state index in [9.17, 15) is 5.11 Å². The van der Waals surface area contributed by atoms with Crippen LogP contribution in [0.4, 0.5) is 0 Å². The van der Waals surface area contributed by atoms with Gasteiger partial charge in [0.25, 0.3) is 0 Å². The van der Waals surface area contributed by atoms with Gasteiger partial charge in [0.15, 0.2) is 0 Å². The first-order valence-corrected chi connectivity index (χ1v) is 5.74. The summed E-state index contributed by atoms with van der Waals surface area (Å²) in [5.41, 5.74) is 2.56. The lowest BCUT2D eigenvalue weighted by Gasteiger charge is -2.09. The van der Waals surface area contributed by atoms with Gasteiger partial charge < -0.3 is 9.51 Å².